The molecule has 2 nitrogen and oxygen atoms in total. The number of ether oxygens (including phenoxy) is 1. The normalized spacial score (nSPS) is 18.7. The van der Waals surface area contributed by atoms with Gasteiger partial charge in [0.1, 0.15) is 0 Å². The van der Waals surface area contributed by atoms with Gasteiger partial charge in [-0.3, -0.25) is 0 Å². The van der Waals surface area contributed by atoms with Gasteiger partial charge in [-0.25, -0.2) is 0 Å². The van der Waals surface area contributed by atoms with E-state index in [0.29, 0.717) is 0 Å². The summed E-state index contributed by atoms with van der Waals surface area (Å²) in [4.78, 5) is 0. The summed E-state index contributed by atoms with van der Waals surface area (Å²) in [5, 5.41) is 3.64. The zero-order valence-electron chi connectivity index (χ0n) is 10.2. The van der Waals surface area contributed by atoms with Gasteiger partial charge < -0.3 is 10.1 Å². The summed E-state index contributed by atoms with van der Waals surface area (Å²) < 4.78 is 5.29. The Morgan fingerprint density at radius 1 is 1.47 bits per heavy atom. The van der Waals surface area contributed by atoms with Gasteiger partial charge in [-0.05, 0) is 32.2 Å². The van der Waals surface area contributed by atoms with Crippen LogP contribution in [-0.4, -0.2) is 25.8 Å². The maximum Gasteiger partial charge on any atom is 0.0650 e. The van der Waals surface area contributed by atoms with Gasteiger partial charge in [0.25, 0.3) is 0 Å². The summed E-state index contributed by atoms with van der Waals surface area (Å²) in [5.41, 5.74) is 1.57. The van der Waals surface area contributed by atoms with Gasteiger partial charge in [0.05, 0.1) is 13.2 Å². The molecule has 0 aromatic rings. The molecule has 1 heterocycles. The van der Waals surface area contributed by atoms with Crippen LogP contribution in [0.3, 0.4) is 0 Å². The van der Waals surface area contributed by atoms with E-state index >= 15 is 0 Å². The van der Waals surface area contributed by atoms with Gasteiger partial charge in [-0.1, -0.05) is 31.9 Å². The first kappa shape index (κ1) is 12.7. The molecule has 1 atom stereocenters. The average molecular weight is 211 g/mol. The van der Waals surface area contributed by atoms with Crippen molar-refractivity contribution in [3.05, 3.63) is 11.6 Å². The predicted octanol–water partition coefficient (Wildman–Crippen LogP) is 2.89. The van der Waals surface area contributed by atoms with Crippen molar-refractivity contribution < 1.29 is 4.74 Å². The molecule has 0 bridgehead atoms. The lowest BCUT2D eigenvalue weighted by Gasteiger charge is -2.18. The molecular formula is C13H25NO. The van der Waals surface area contributed by atoms with E-state index in [0.717, 1.165) is 32.2 Å². The van der Waals surface area contributed by atoms with Crippen LogP contribution in [0.1, 0.15) is 46.0 Å². The molecule has 0 aromatic carbocycles. The van der Waals surface area contributed by atoms with Crippen molar-refractivity contribution in [3.63, 3.8) is 0 Å². The fourth-order valence-electron chi connectivity index (χ4n) is 2.03. The van der Waals surface area contributed by atoms with Crippen molar-refractivity contribution in [1.29, 1.82) is 0 Å². The molecule has 0 fully saturated rings. The van der Waals surface area contributed by atoms with E-state index in [-0.39, 0.29) is 0 Å². The molecule has 1 N–H and O–H groups in total. The lowest BCUT2D eigenvalue weighted by molar-refractivity contribution is 0.153. The largest absolute Gasteiger partial charge is 0.377 e. The molecule has 0 aromatic heterocycles. The van der Waals surface area contributed by atoms with Gasteiger partial charge in [-0.15, -0.1) is 0 Å². The van der Waals surface area contributed by atoms with Gasteiger partial charge >= 0.3 is 0 Å². The lowest BCUT2D eigenvalue weighted by Crippen LogP contribution is -2.29. The second-order valence-electron chi connectivity index (χ2n) is 4.29. The minimum absolute atomic E-state index is 0.718. The first-order chi connectivity index (χ1) is 7.36. The number of nitrogens with one attached hydrogen (secondary N) is 1. The maximum absolute atomic E-state index is 5.29. The molecule has 15 heavy (non-hydrogen) atoms. The highest BCUT2D eigenvalue weighted by atomic mass is 16.5. The molecule has 1 aliphatic heterocycles. The van der Waals surface area contributed by atoms with Crippen LogP contribution in [-0.2, 0) is 4.74 Å². The van der Waals surface area contributed by atoms with E-state index in [4.69, 9.17) is 4.74 Å². The van der Waals surface area contributed by atoms with E-state index in [1.165, 1.54) is 25.7 Å². The molecular weight excluding hydrogens is 186 g/mol. The Bertz CT molecular complexity index is 189. The number of hydrogen-bond acceptors (Lipinski definition) is 2. The highest BCUT2D eigenvalue weighted by Crippen LogP contribution is 2.11. The van der Waals surface area contributed by atoms with Crippen LogP contribution in [0.25, 0.3) is 0 Å². The summed E-state index contributed by atoms with van der Waals surface area (Å²) in [5.74, 6) is 0. The first-order valence-corrected chi connectivity index (χ1v) is 6.35. The fourth-order valence-corrected chi connectivity index (χ4v) is 2.03. The van der Waals surface area contributed by atoms with Gasteiger partial charge in [0.2, 0.25) is 0 Å². The topological polar surface area (TPSA) is 21.3 Å². The van der Waals surface area contributed by atoms with Crippen molar-refractivity contribution in [2.45, 2.75) is 52.0 Å². The Balaban J connectivity index is 2.11. The zero-order valence-corrected chi connectivity index (χ0v) is 10.2. The predicted molar refractivity (Wildman–Crippen MR) is 65.1 cm³/mol. The zero-order chi connectivity index (χ0) is 10.9. The molecule has 1 unspecified atom stereocenters. The summed E-state index contributed by atoms with van der Waals surface area (Å²) >= 11 is 0. The third-order valence-electron chi connectivity index (χ3n) is 3.07. The van der Waals surface area contributed by atoms with Crippen LogP contribution in [0.15, 0.2) is 11.6 Å². The van der Waals surface area contributed by atoms with Crippen LogP contribution in [0.5, 0.6) is 0 Å². The molecule has 2 heteroatoms. The van der Waals surface area contributed by atoms with Crippen molar-refractivity contribution in [2.75, 3.05) is 19.8 Å². The highest BCUT2D eigenvalue weighted by molar-refractivity contribution is 5.04. The van der Waals surface area contributed by atoms with Gasteiger partial charge in [0.15, 0.2) is 0 Å². The first-order valence-electron chi connectivity index (χ1n) is 6.35. The Morgan fingerprint density at radius 2 is 2.33 bits per heavy atom. The van der Waals surface area contributed by atoms with Crippen LogP contribution in [0.4, 0.5) is 0 Å². The minimum atomic E-state index is 0.718. The van der Waals surface area contributed by atoms with E-state index in [1.807, 2.05) is 0 Å². The number of hydrogen-bond donors (Lipinski definition) is 1. The van der Waals surface area contributed by atoms with Crippen LogP contribution < -0.4 is 5.32 Å². The van der Waals surface area contributed by atoms with Crippen molar-refractivity contribution >= 4 is 0 Å². The summed E-state index contributed by atoms with van der Waals surface area (Å²) in [6.07, 6.45) is 8.40. The van der Waals surface area contributed by atoms with E-state index < -0.39 is 0 Å². The van der Waals surface area contributed by atoms with Crippen molar-refractivity contribution in [1.82, 2.24) is 5.32 Å². The van der Waals surface area contributed by atoms with Crippen LogP contribution in [0, 0.1) is 0 Å². The second kappa shape index (κ2) is 7.89. The Labute approximate surface area is 94.1 Å². The van der Waals surface area contributed by atoms with E-state index in [9.17, 15) is 0 Å². The molecule has 0 radical (unpaired) electrons. The van der Waals surface area contributed by atoms with E-state index in [2.05, 4.69) is 25.2 Å². The molecule has 0 amide bonds. The Kier molecular flexibility index (Phi) is 6.69. The molecule has 0 saturated carbocycles. The SMILES string of the molecule is CCCC(CC)NCCC1=CCOCC1. The molecule has 1 rings (SSSR count). The molecule has 0 aliphatic carbocycles. The lowest BCUT2D eigenvalue weighted by atomic mass is 10.1. The molecule has 0 spiro atoms. The molecule has 88 valence electrons. The van der Waals surface area contributed by atoms with Crippen molar-refractivity contribution in [2.24, 2.45) is 0 Å². The summed E-state index contributed by atoms with van der Waals surface area (Å²) in [7, 11) is 0. The van der Waals surface area contributed by atoms with Crippen molar-refractivity contribution in [3.8, 4) is 0 Å². The smallest absolute Gasteiger partial charge is 0.0650 e. The molecule has 0 saturated heterocycles. The van der Waals surface area contributed by atoms with Crippen LogP contribution in [0.2, 0.25) is 0 Å². The third-order valence-corrected chi connectivity index (χ3v) is 3.07. The quantitative estimate of drug-likeness (QED) is 0.654. The minimum Gasteiger partial charge on any atom is -0.377 e. The Hall–Kier alpha value is -0.340. The Morgan fingerprint density at radius 3 is 2.93 bits per heavy atom. The van der Waals surface area contributed by atoms with E-state index in [1.54, 1.807) is 5.57 Å². The highest BCUT2D eigenvalue weighted by Gasteiger charge is 2.06. The number of rotatable bonds is 7. The second-order valence-corrected chi connectivity index (χ2v) is 4.29. The summed E-state index contributed by atoms with van der Waals surface area (Å²) in [6.45, 7) is 7.39. The van der Waals surface area contributed by atoms with Crippen LogP contribution >= 0.6 is 0 Å². The maximum atomic E-state index is 5.29. The molecule has 1 aliphatic rings. The third kappa shape index (κ3) is 5.33. The average Bonchev–Trinajstić information content (AvgIpc) is 2.29. The van der Waals surface area contributed by atoms with Gasteiger partial charge in [0, 0.05) is 6.04 Å². The summed E-state index contributed by atoms with van der Waals surface area (Å²) in [6, 6.07) is 0.718. The monoisotopic (exact) mass is 211 g/mol. The fraction of sp³-hybridized carbons (Fsp3) is 0.846. The standard InChI is InChI=1S/C13H25NO/c1-3-5-13(4-2)14-9-6-12-7-10-15-11-8-12/h7,13-14H,3-6,8-11H2,1-2H3. The van der Waals surface area contributed by atoms with Gasteiger partial charge in [-0.2, -0.15) is 0 Å².